The molecule has 2 aromatic carbocycles. The molecule has 0 aliphatic carbocycles. The van der Waals surface area contributed by atoms with Gasteiger partial charge < -0.3 is 5.32 Å². The monoisotopic (exact) mass is 355 g/mol. The summed E-state index contributed by atoms with van der Waals surface area (Å²) >= 11 is 4.98. The Morgan fingerprint density at radius 2 is 1.83 bits per heavy atom. The lowest BCUT2D eigenvalue weighted by atomic mass is 10.2. The van der Waals surface area contributed by atoms with Gasteiger partial charge in [-0.1, -0.05) is 47.7 Å². The molecule has 23 heavy (non-hydrogen) atoms. The summed E-state index contributed by atoms with van der Waals surface area (Å²) in [7, 11) is 0. The minimum absolute atomic E-state index is 0.869. The van der Waals surface area contributed by atoms with Gasteiger partial charge in [0.1, 0.15) is 0 Å². The molecule has 0 radical (unpaired) electrons. The number of nitrogens with one attached hydrogen (secondary N) is 1. The maximum absolute atomic E-state index is 4.71. The second-order valence-electron chi connectivity index (χ2n) is 4.85. The second kappa shape index (κ2) is 6.31. The standard InChI is InChI=1S/C17H13N3S3/c1-21-13-8-5-9-14-15(13)19-17(23-14)20-16-18-12(10-22-16)11-6-3-2-4-7-11/h2-10H,1H3,(H,18,19,20). The van der Waals surface area contributed by atoms with Crippen LogP contribution < -0.4 is 5.32 Å². The van der Waals surface area contributed by atoms with Crippen molar-refractivity contribution in [1.29, 1.82) is 0 Å². The fourth-order valence-corrected chi connectivity index (χ4v) is 4.61. The molecule has 2 aromatic heterocycles. The zero-order valence-electron chi connectivity index (χ0n) is 12.3. The van der Waals surface area contributed by atoms with Crippen LogP contribution in [0.1, 0.15) is 0 Å². The van der Waals surface area contributed by atoms with Crippen molar-refractivity contribution in [2.45, 2.75) is 4.90 Å². The van der Waals surface area contributed by atoms with Gasteiger partial charge in [0, 0.05) is 15.8 Å². The van der Waals surface area contributed by atoms with E-state index in [0.717, 1.165) is 27.0 Å². The van der Waals surface area contributed by atoms with E-state index in [0.29, 0.717) is 0 Å². The predicted molar refractivity (Wildman–Crippen MR) is 102 cm³/mol. The third-order valence-electron chi connectivity index (χ3n) is 3.39. The van der Waals surface area contributed by atoms with Crippen molar-refractivity contribution >= 4 is 54.9 Å². The lowest BCUT2D eigenvalue weighted by Gasteiger charge is -1.97. The topological polar surface area (TPSA) is 37.8 Å². The van der Waals surface area contributed by atoms with Crippen LogP contribution in [0.4, 0.5) is 10.3 Å². The maximum Gasteiger partial charge on any atom is 0.190 e. The number of nitrogens with zero attached hydrogens (tertiary/aromatic N) is 2. The molecule has 6 heteroatoms. The average Bonchev–Trinajstić information content (AvgIpc) is 3.22. The molecule has 2 heterocycles. The number of anilines is 2. The summed E-state index contributed by atoms with van der Waals surface area (Å²) in [4.78, 5) is 10.6. The molecule has 0 aliphatic heterocycles. The van der Waals surface area contributed by atoms with Crippen molar-refractivity contribution in [3.63, 3.8) is 0 Å². The van der Waals surface area contributed by atoms with Crippen molar-refractivity contribution < 1.29 is 0 Å². The lowest BCUT2D eigenvalue weighted by molar-refractivity contribution is 1.35. The molecule has 0 fully saturated rings. The van der Waals surface area contributed by atoms with Gasteiger partial charge in [-0.2, -0.15) is 0 Å². The SMILES string of the molecule is CSc1cccc2sc(Nc3nc(-c4ccccc4)cs3)nc12. The molecule has 0 unspecified atom stereocenters. The highest BCUT2D eigenvalue weighted by molar-refractivity contribution is 7.98. The minimum Gasteiger partial charge on any atom is -0.307 e. The molecule has 4 aromatic rings. The summed E-state index contributed by atoms with van der Waals surface area (Å²) in [6, 6.07) is 16.5. The number of rotatable bonds is 4. The van der Waals surface area contributed by atoms with E-state index < -0.39 is 0 Å². The van der Waals surface area contributed by atoms with Crippen LogP contribution in [0.5, 0.6) is 0 Å². The summed E-state index contributed by atoms with van der Waals surface area (Å²) in [5.41, 5.74) is 3.18. The molecule has 0 spiro atoms. The van der Waals surface area contributed by atoms with Crippen LogP contribution in [0.2, 0.25) is 0 Å². The molecule has 0 saturated carbocycles. The number of fused-ring (bicyclic) bond motifs is 1. The third kappa shape index (κ3) is 2.97. The predicted octanol–water partition coefficient (Wildman–Crippen LogP) is 5.89. The highest BCUT2D eigenvalue weighted by Gasteiger charge is 2.10. The first-order valence-corrected chi connectivity index (χ1v) is 9.97. The molecule has 1 N–H and O–H groups in total. The highest BCUT2D eigenvalue weighted by atomic mass is 32.2. The Hall–Kier alpha value is -1.89. The van der Waals surface area contributed by atoms with Crippen molar-refractivity contribution in [3.05, 3.63) is 53.9 Å². The van der Waals surface area contributed by atoms with Crippen LogP contribution in [0.15, 0.2) is 58.8 Å². The second-order valence-corrected chi connectivity index (χ2v) is 7.59. The molecular formula is C17H13N3S3. The normalized spacial score (nSPS) is 11.0. The zero-order valence-corrected chi connectivity index (χ0v) is 14.8. The summed E-state index contributed by atoms with van der Waals surface area (Å²) in [6.07, 6.45) is 2.08. The smallest absolute Gasteiger partial charge is 0.190 e. The van der Waals surface area contributed by atoms with Gasteiger partial charge in [0.2, 0.25) is 0 Å². The van der Waals surface area contributed by atoms with Crippen LogP contribution in [0.25, 0.3) is 21.5 Å². The Kier molecular flexibility index (Phi) is 4.03. The van der Waals surface area contributed by atoms with Crippen LogP contribution in [-0.2, 0) is 0 Å². The number of hydrogen-bond donors (Lipinski definition) is 1. The van der Waals surface area contributed by atoms with Gasteiger partial charge in [-0.3, -0.25) is 0 Å². The Morgan fingerprint density at radius 3 is 2.65 bits per heavy atom. The van der Waals surface area contributed by atoms with E-state index in [1.165, 1.54) is 9.60 Å². The van der Waals surface area contributed by atoms with E-state index in [9.17, 15) is 0 Å². The molecule has 0 amide bonds. The van der Waals surface area contributed by atoms with Gasteiger partial charge in [-0.05, 0) is 18.4 Å². The summed E-state index contributed by atoms with van der Waals surface area (Å²) in [5.74, 6) is 0. The highest BCUT2D eigenvalue weighted by Crippen LogP contribution is 2.34. The van der Waals surface area contributed by atoms with E-state index in [-0.39, 0.29) is 0 Å². The van der Waals surface area contributed by atoms with E-state index in [4.69, 9.17) is 4.98 Å². The molecule has 0 bridgehead atoms. The van der Waals surface area contributed by atoms with Crippen LogP contribution in [-0.4, -0.2) is 16.2 Å². The van der Waals surface area contributed by atoms with Gasteiger partial charge >= 0.3 is 0 Å². The van der Waals surface area contributed by atoms with Gasteiger partial charge in [-0.15, -0.1) is 23.1 Å². The fraction of sp³-hybridized carbons (Fsp3) is 0.0588. The zero-order chi connectivity index (χ0) is 15.6. The van der Waals surface area contributed by atoms with Gasteiger partial charge in [0.25, 0.3) is 0 Å². The first-order valence-electron chi connectivity index (χ1n) is 7.05. The van der Waals surface area contributed by atoms with Gasteiger partial charge in [-0.25, -0.2) is 9.97 Å². The van der Waals surface area contributed by atoms with Crippen molar-refractivity contribution in [1.82, 2.24) is 9.97 Å². The van der Waals surface area contributed by atoms with Crippen LogP contribution in [0.3, 0.4) is 0 Å². The van der Waals surface area contributed by atoms with Crippen molar-refractivity contribution in [2.75, 3.05) is 11.6 Å². The minimum atomic E-state index is 0.869. The first-order chi connectivity index (χ1) is 11.3. The number of aromatic nitrogens is 2. The fourth-order valence-electron chi connectivity index (χ4n) is 2.31. The molecule has 114 valence electrons. The summed E-state index contributed by atoms with van der Waals surface area (Å²) in [6.45, 7) is 0. The average molecular weight is 356 g/mol. The van der Waals surface area contributed by atoms with Crippen LogP contribution in [0, 0.1) is 0 Å². The molecule has 0 aliphatic rings. The molecule has 0 saturated heterocycles. The van der Waals surface area contributed by atoms with Gasteiger partial charge in [0.05, 0.1) is 15.9 Å². The van der Waals surface area contributed by atoms with Crippen LogP contribution >= 0.6 is 34.4 Å². The van der Waals surface area contributed by atoms with Crippen molar-refractivity contribution in [2.24, 2.45) is 0 Å². The summed E-state index contributed by atoms with van der Waals surface area (Å²) < 4.78 is 1.19. The van der Waals surface area contributed by atoms with Crippen molar-refractivity contribution in [3.8, 4) is 11.3 Å². The van der Waals surface area contributed by atoms with E-state index in [2.05, 4.69) is 52.3 Å². The molecule has 3 nitrogen and oxygen atoms in total. The van der Waals surface area contributed by atoms with Gasteiger partial charge in [0.15, 0.2) is 10.3 Å². The number of hydrogen-bond acceptors (Lipinski definition) is 6. The quantitative estimate of drug-likeness (QED) is 0.464. The summed E-state index contributed by atoms with van der Waals surface area (Å²) in [5, 5.41) is 7.16. The number of benzene rings is 2. The van der Waals surface area contributed by atoms with E-state index >= 15 is 0 Å². The van der Waals surface area contributed by atoms with E-state index in [1.807, 2.05) is 18.2 Å². The first kappa shape index (κ1) is 14.7. The Balaban J connectivity index is 1.63. The molecule has 4 rings (SSSR count). The Morgan fingerprint density at radius 1 is 0.957 bits per heavy atom. The number of thioether (sulfide) groups is 1. The largest absolute Gasteiger partial charge is 0.307 e. The maximum atomic E-state index is 4.71. The molecule has 0 atom stereocenters. The molecular weight excluding hydrogens is 342 g/mol. The third-order valence-corrected chi connectivity index (χ3v) is 5.85. The number of para-hydroxylation sites is 1. The Labute approximate surface area is 146 Å². The van der Waals surface area contributed by atoms with E-state index in [1.54, 1.807) is 34.4 Å². The number of thiazole rings is 2. The lowest BCUT2D eigenvalue weighted by Crippen LogP contribution is -1.88. The Bertz CT molecular complexity index is 944.